The zero-order valence-corrected chi connectivity index (χ0v) is 15.1. The number of para-hydroxylation sites is 2. The lowest BCUT2D eigenvalue weighted by molar-refractivity contribution is 0.159. The maximum Gasteiger partial charge on any atom is 0.319 e. The van der Waals surface area contributed by atoms with Gasteiger partial charge in [-0.25, -0.2) is 4.79 Å². The topological polar surface area (TPSA) is 75.7 Å². The monoisotopic (exact) mass is 368 g/mol. The molecule has 1 aromatic carbocycles. The van der Waals surface area contributed by atoms with E-state index in [4.69, 9.17) is 9.47 Å². The van der Waals surface area contributed by atoms with Gasteiger partial charge in [0.25, 0.3) is 0 Å². The Morgan fingerprint density at radius 3 is 2.81 bits per heavy atom. The summed E-state index contributed by atoms with van der Waals surface area (Å²) in [6.45, 7) is 3.37. The Labute approximate surface area is 158 Å². The first kappa shape index (κ1) is 17.8. The molecular formula is C20H24N4O3. The van der Waals surface area contributed by atoms with Crippen molar-refractivity contribution in [2.24, 2.45) is 0 Å². The number of urea groups is 1. The number of carbonyl (C=O) groups excluding carboxylic acids is 1. The Bertz CT molecular complexity index is 765. The van der Waals surface area contributed by atoms with E-state index in [1.165, 1.54) is 12.8 Å². The van der Waals surface area contributed by atoms with Gasteiger partial charge in [0, 0.05) is 6.20 Å². The zero-order valence-electron chi connectivity index (χ0n) is 15.1. The molecule has 0 spiro atoms. The van der Waals surface area contributed by atoms with E-state index in [2.05, 4.69) is 20.5 Å². The number of hydrogen-bond acceptors (Lipinski definition) is 5. The molecule has 2 N–H and O–H groups in total. The Morgan fingerprint density at radius 2 is 2.00 bits per heavy atom. The molecule has 2 unspecified atom stereocenters. The first-order valence-electron chi connectivity index (χ1n) is 9.36. The molecule has 2 amide bonds. The maximum absolute atomic E-state index is 12.6. The van der Waals surface area contributed by atoms with Crippen LogP contribution in [0.15, 0.2) is 48.8 Å². The predicted octanol–water partition coefficient (Wildman–Crippen LogP) is 2.86. The predicted molar refractivity (Wildman–Crippen MR) is 102 cm³/mol. The maximum atomic E-state index is 12.6. The average Bonchev–Trinajstić information content (AvgIpc) is 3.36. The zero-order chi connectivity index (χ0) is 18.5. The molecule has 142 valence electrons. The van der Waals surface area contributed by atoms with Crippen LogP contribution in [0, 0.1) is 0 Å². The van der Waals surface area contributed by atoms with Gasteiger partial charge in [0.05, 0.1) is 37.2 Å². The fourth-order valence-electron chi connectivity index (χ4n) is 3.63. The van der Waals surface area contributed by atoms with Gasteiger partial charge in [-0.1, -0.05) is 12.1 Å². The molecule has 0 radical (unpaired) electrons. The second-order valence-electron chi connectivity index (χ2n) is 6.84. The van der Waals surface area contributed by atoms with Crippen molar-refractivity contribution in [2.75, 3.05) is 31.6 Å². The summed E-state index contributed by atoms with van der Waals surface area (Å²) in [7, 11) is 0. The average molecular weight is 368 g/mol. The SMILES string of the molecule is O=C(Nc1ccccc1Oc1cccnc1)NC1COCC1N1CCCC1. The van der Waals surface area contributed by atoms with Crippen LogP contribution >= 0.6 is 0 Å². The van der Waals surface area contributed by atoms with Gasteiger partial charge in [0.15, 0.2) is 5.75 Å². The van der Waals surface area contributed by atoms with E-state index in [-0.39, 0.29) is 18.1 Å². The second kappa shape index (κ2) is 8.37. The lowest BCUT2D eigenvalue weighted by atomic mass is 10.1. The molecule has 1 aromatic heterocycles. The summed E-state index contributed by atoms with van der Waals surface area (Å²) in [6, 6.07) is 11.0. The van der Waals surface area contributed by atoms with Crippen molar-refractivity contribution >= 4 is 11.7 Å². The highest BCUT2D eigenvalue weighted by Gasteiger charge is 2.35. The van der Waals surface area contributed by atoms with Gasteiger partial charge < -0.3 is 20.1 Å². The number of hydrogen-bond donors (Lipinski definition) is 2. The minimum Gasteiger partial charge on any atom is -0.454 e. The van der Waals surface area contributed by atoms with Crippen molar-refractivity contribution in [1.82, 2.24) is 15.2 Å². The van der Waals surface area contributed by atoms with Crippen molar-refractivity contribution in [3.8, 4) is 11.5 Å². The standard InChI is InChI=1S/C20H24N4O3/c25-20(23-17-13-26-14-18(17)24-10-3-4-11-24)22-16-7-1-2-8-19(16)27-15-6-5-9-21-12-15/h1-2,5-9,12,17-18H,3-4,10-11,13-14H2,(H2,22,23,25). The van der Waals surface area contributed by atoms with Crippen LogP contribution in [0.3, 0.4) is 0 Å². The third-order valence-electron chi connectivity index (χ3n) is 4.97. The molecule has 7 nitrogen and oxygen atoms in total. The Balaban J connectivity index is 1.39. The summed E-state index contributed by atoms with van der Waals surface area (Å²) in [5.41, 5.74) is 0.607. The van der Waals surface area contributed by atoms with Gasteiger partial charge in [-0.2, -0.15) is 0 Å². The number of anilines is 1. The summed E-state index contributed by atoms with van der Waals surface area (Å²) in [6.07, 6.45) is 5.75. The molecule has 0 saturated carbocycles. The molecule has 0 aliphatic carbocycles. The molecular weight excluding hydrogens is 344 g/mol. The number of ether oxygens (including phenoxy) is 2. The smallest absolute Gasteiger partial charge is 0.319 e. The summed E-state index contributed by atoms with van der Waals surface area (Å²) >= 11 is 0. The highest BCUT2D eigenvalue weighted by atomic mass is 16.5. The van der Waals surface area contributed by atoms with E-state index in [1.807, 2.05) is 30.3 Å². The molecule has 27 heavy (non-hydrogen) atoms. The van der Waals surface area contributed by atoms with Crippen LogP contribution in [-0.2, 0) is 4.74 Å². The van der Waals surface area contributed by atoms with Gasteiger partial charge in [0.1, 0.15) is 5.75 Å². The van der Waals surface area contributed by atoms with Crippen LogP contribution in [-0.4, -0.2) is 54.3 Å². The molecule has 2 aromatic rings. The minimum absolute atomic E-state index is 0.00509. The fraction of sp³-hybridized carbons (Fsp3) is 0.400. The number of nitrogens with one attached hydrogen (secondary N) is 2. The number of pyridine rings is 1. The molecule has 2 aliphatic heterocycles. The van der Waals surface area contributed by atoms with Crippen LogP contribution in [0.25, 0.3) is 0 Å². The third kappa shape index (κ3) is 4.37. The lowest BCUT2D eigenvalue weighted by Gasteiger charge is -2.28. The number of aromatic nitrogens is 1. The van der Waals surface area contributed by atoms with Crippen LogP contribution < -0.4 is 15.4 Å². The molecule has 2 aliphatic rings. The second-order valence-corrected chi connectivity index (χ2v) is 6.84. The Kier molecular flexibility index (Phi) is 5.50. The van der Waals surface area contributed by atoms with E-state index >= 15 is 0 Å². The van der Waals surface area contributed by atoms with Gasteiger partial charge in [-0.05, 0) is 50.2 Å². The largest absolute Gasteiger partial charge is 0.454 e. The highest BCUT2D eigenvalue weighted by molar-refractivity contribution is 5.91. The third-order valence-corrected chi connectivity index (χ3v) is 4.97. The lowest BCUT2D eigenvalue weighted by Crippen LogP contribution is -2.51. The van der Waals surface area contributed by atoms with Crippen molar-refractivity contribution in [2.45, 2.75) is 24.9 Å². The van der Waals surface area contributed by atoms with E-state index < -0.39 is 0 Å². The molecule has 3 heterocycles. The molecule has 0 bridgehead atoms. The number of benzene rings is 1. The summed E-state index contributed by atoms with van der Waals surface area (Å²) in [5, 5.41) is 5.96. The number of likely N-dealkylation sites (tertiary alicyclic amines) is 1. The van der Waals surface area contributed by atoms with Gasteiger partial charge in [0.2, 0.25) is 0 Å². The van der Waals surface area contributed by atoms with Crippen LogP contribution in [0.2, 0.25) is 0 Å². The Hall–Kier alpha value is -2.64. The summed E-state index contributed by atoms with van der Waals surface area (Å²) in [5.74, 6) is 1.19. The van der Waals surface area contributed by atoms with Gasteiger partial charge in [-0.3, -0.25) is 9.88 Å². The van der Waals surface area contributed by atoms with Crippen molar-refractivity contribution in [1.29, 1.82) is 0 Å². The van der Waals surface area contributed by atoms with E-state index in [0.29, 0.717) is 30.4 Å². The van der Waals surface area contributed by atoms with Crippen molar-refractivity contribution in [3.63, 3.8) is 0 Å². The number of rotatable bonds is 5. The summed E-state index contributed by atoms with van der Waals surface area (Å²) < 4.78 is 11.5. The van der Waals surface area contributed by atoms with Crippen LogP contribution in [0.4, 0.5) is 10.5 Å². The van der Waals surface area contributed by atoms with E-state index in [0.717, 1.165) is 13.1 Å². The van der Waals surface area contributed by atoms with Crippen molar-refractivity contribution < 1.29 is 14.3 Å². The molecule has 2 fully saturated rings. The molecule has 2 atom stereocenters. The number of nitrogens with zero attached hydrogens (tertiary/aromatic N) is 2. The highest BCUT2D eigenvalue weighted by Crippen LogP contribution is 2.28. The van der Waals surface area contributed by atoms with E-state index in [9.17, 15) is 4.79 Å². The number of amides is 2. The first-order chi connectivity index (χ1) is 13.3. The van der Waals surface area contributed by atoms with Crippen LogP contribution in [0.1, 0.15) is 12.8 Å². The fourth-order valence-corrected chi connectivity index (χ4v) is 3.63. The Morgan fingerprint density at radius 1 is 1.15 bits per heavy atom. The minimum atomic E-state index is -0.253. The quantitative estimate of drug-likeness (QED) is 0.849. The molecule has 7 heteroatoms. The van der Waals surface area contributed by atoms with E-state index in [1.54, 1.807) is 18.5 Å². The summed E-state index contributed by atoms with van der Waals surface area (Å²) in [4.78, 5) is 19.0. The van der Waals surface area contributed by atoms with Gasteiger partial charge >= 0.3 is 6.03 Å². The number of carbonyl (C=O) groups is 1. The molecule has 2 saturated heterocycles. The molecule has 4 rings (SSSR count). The van der Waals surface area contributed by atoms with Gasteiger partial charge in [-0.15, -0.1) is 0 Å². The van der Waals surface area contributed by atoms with Crippen LogP contribution in [0.5, 0.6) is 11.5 Å². The normalized spacial score (nSPS) is 22.5. The van der Waals surface area contributed by atoms with Crippen molar-refractivity contribution in [3.05, 3.63) is 48.8 Å². The first-order valence-corrected chi connectivity index (χ1v) is 9.36.